The molecular weight excluding hydrogens is 377 g/mol. The summed E-state index contributed by atoms with van der Waals surface area (Å²) < 4.78 is 11.1. The van der Waals surface area contributed by atoms with E-state index in [-0.39, 0.29) is 19.1 Å². The quantitative estimate of drug-likeness (QED) is 0.713. The first kappa shape index (κ1) is 20.4. The van der Waals surface area contributed by atoms with Crippen LogP contribution in [0.3, 0.4) is 0 Å². The third kappa shape index (κ3) is 6.09. The summed E-state index contributed by atoms with van der Waals surface area (Å²) in [7, 11) is 0. The second-order valence-electron chi connectivity index (χ2n) is 5.81. The van der Waals surface area contributed by atoms with Crippen LogP contribution in [0, 0.1) is 6.92 Å². The van der Waals surface area contributed by atoms with Crippen LogP contribution >= 0.6 is 23.2 Å². The van der Waals surface area contributed by atoms with E-state index in [0.29, 0.717) is 21.5 Å². The fourth-order valence-electron chi connectivity index (χ4n) is 2.14. The molecule has 2 aromatic carbocycles. The summed E-state index contributed by atoms with van der Waals surface area (Å²) in [4.78, 5) is 12.1. The molecule has 2 aromatic rings. The molecule has 0 aromatic heterocycles. The number of halogens is 2. The second-order valence-corrected chi connectivity index (χ2v) is 6.65. The van der Waals surface area contributed by atoms with E-state index < -0.39 is 12.2 Å². The molecule has 2 atom stereocenters. The van der Waals surface area contributed by atoms with Crippen molar-refractivity contribution in [2.24, 2.45) is 0 Å². The summed E-state index contributed by atoms with van der Waals surface area (Å²) in [5.74, 6) is 0.695. The fraction of sp³-hybridized carbons (Fsp3) is 0.316. The zero-order valence-corrected chi connectivity index (χ0v) is 16.1. The average molecular weight is 398 g/mol. The van der Waals surface area contributed by atoms with Gasteiger partial charge in [-0.2, -0.15) is 0 Å². The van der Waals surface area contributed by atoms with Gasteiger partial charge in [0.05, 0.1) is 5.02 Å². The molecule has 5 nitrogen and oxygen atoms in total. The molecule has 0 saturated carbocycles. The standard InChI is InChI=1S/C19H21Cl2NO4/c1-12-5-3-4-6-17(12)25-11-15(23)10-22-19(24)13(2)26-18-8-7-14(20)9-16(18)21/h3-9,13,15,23H,10-11H2,1-2H3,(H,22,24). The lowest BCUT2D eigenvalue weighted by molar-refractivity contribution is -0.127. The number of aryl methyl sites for hydroxylation is 1. The van der Waals surface area contributed by atoms with Crippen LogP contribution in [0.2, 0.25) is 10.0 Å². The Bertz CT molecular complexity index is 754. The van der Waals surface area contributed by atoms with Gasteiger partial charge in [-0.25, -0.2) is 0 Å². The number of rotatable bonds is 8. The minimum absolute atomic E-state index is 0.0484. The van der Waals surface area contributed by atoms with Gasteiger partial charge < -0.3 is 19.9 Å². The van der Waals surface area contributed by atoms with E-state index >= 15 is 0 Å². The van der Waals surface area contributed by atoms with Crippen LogP contribution in [0.1, 0.15) is 12.5 Å². The highest BCUT2D eigenvalue weighted by atomic mass is 35.5. The van der Waals surface area contributed by atoms with Crippen molar-refractivity contribution in [3.8, 4) is 11.5 Å². The molecule has 0 bridgehead atoms. The largest absolute Gasteiger partial charge is 0.491 e. The van der Waals surface area contributed by atoms with Crippen molar-refractivity contribution >= 4 is 29.1 Å². The maximum atomic E-state index is 12.1. The first-order valence-corrected chi connectivity index (χ1v) is 8.88. The predicted molar refractivity (Wildman–Crippen MR) is 102 cm³/mol. The maximum Gasteiger partial charge on any atom is 0.260 e. The third-order valence-corrected chi connectivity index (χ3v) is 4.13. The van der Waals surface area contributed by atoms with Gasteiger partial charge in [0.1, 0.15) is 24.2 Å². The summed E-state index contributed by atoms with van der Waals surface area (Å²) in [6, 6.07) is 12.3. The molecule has 0 spiro atoms. The number of aliphatic hydroxyl groups excluding tert-OH is 1. The van der Waals surface area contributed by atoms with Gasteiger partial charge in [0.25, 0.3) is 5.91 Å². The Morgan fingerprint density at radius 1 is 1.19 bits per heavy atom. The minimum atomic E-state index is -0.843. The van der Waals surface area contributed by atoms with Crippen molar-refractivity contribution in [1.82, 2.24) is 5.32 Å². The Morgan fingerprint density at radius 2 is 1.92 bits per heavy atom. The number of para-hydroxylation sites is 1. The molecule has 1 amide bonds. The van der Waals surface area contributed by atoms with E-state index in [1.807, 2.05) is 31.2 Å². The Balaban J connectivity index is 1.77. The number of ether oxygens (including phenoxy) is 2. The Morgan fingerprint density at radius 3 is 2.62 bits per heavy atom. The SMILES string of the molecule is Cc1ccccc1OCC(O)CNC(=O)C(C)Oc1ccc(Cl)cc1Cl. The molecule has 2 unspecified atom stereocenters. The van der Waals surface area contributed by atoms with Crippen LogP contribution in [0.25, 0.3) is 0 Å². The fourth-order valence-corrected chi connectivity index (χ4v) is 2.59. The van der Waals surface area contributed by atoms with Crippen LogP contribution in [0.4, 0.5) is 0 Å². The molecule has 0 radical (unpaired) electrons. The van der Waals surface area contributed by atoms with Crippen LogP contribution in [0.5, 0.6) is 11.5 Å². The van der Waals surface area contributed by atoms with E-state index in [1.165, 1.54) is 6.07 Å². The van der Waals surface area contributed by atoms with Gasteiger partial charge >= 0.3 is 0 Å². The number of amides is 1. The van der Waals surface area contributed by atoms with Crippen molar-refractivity contribution in [2.75, 3.05) is 13.2 Å². The smallest absolute Gasteiger partial charge is 0.260 e. The number of aliphatic hydroxyl groups is 1. The molecule has 0 saturated heterocycles. The second kappa shape index (κ2) is 9.67. The molecule has 140 valence electrons. The maximum absolute atomic E-state index is 12.1. The van der Waals surface area contributed by atoms with Gasteiger partial charge in [-0.05, 0) is 43.7 Å². The van der Waals surface area contributed by atoms with E-state index in [1.54, 1.807) is 19.1 Å². The van der Waals surface area contributed by atoms with E-state index in [0.717, 1.165) is 5.56 Å². The Labute approximate surface area is 162 Å². The number of nitrogens with one attached hydrogen (secondary N) is 1. The number of carbonyl (C=O) groups is 1. The third-order valence-electron chi connectivity index (χ3n) is 3.60. The monoisotopic (exact) mass is 397 g/mol. The molecular formula is C19H21Cl2NO4. The van der Waals surface area contributed by atoms with E-state index in [9.17, 15) is 9.90 Å². The van der Waals surface area contributed by atoms with Gasteiger partial charge in [-0.3, -0.25) is 4.79 Å². The molecule has 26 heavy (non-hydrogen) atoms. The van der Waals surface area contributed by atoms with Gasteiger partial charge in [-0.1, -0.05) is 41.4 Å². The lowest BCUT2D eigenvalue weighted by atomic mass is 10.2. The zero-order valence-electron chi connectivity index (χ0n) is 14.5. The summed E-state index contributed by atoms with van der Waals surface area (Å²) in [6.45, 7) is 3.64. The Hall–Kier alpha value is -1.95. The molecule has 7 heteroatoms. The molecule has 0 fully saturated rings. The summed E-state index contributed by atoms with van der Waals surface area (Å²) >= 11 is 11.8. The zero-order chi connectivity index (χ0) is 19.1. The number of hydrogen-bond donors (Lipinski definition) is 2. The number of hydrogen-bond acceptors (Lipinski definition) is 4. The molecule has 2 N–H and O–H groups in total. The summed E-state index contributed by atoms with van der Waals surface area (Å²) in [6.07, 6.45) is -1.62. The van der Waals surface area contributed by atoms with E-state index in [4.69, 9.17) is 32.7 Å². The first-order valence-electron chi connectivity index (χ1n) is 8.12. The summed E-state index contributed by atoms with van der Waals surface area (Å²) in [5, 5.41) is 13.4. The highest BCUT2D eigenvalue weighted by Gasteiger charge is 2.17. The van der Waals surface area contributed by atoms with Crippen LogP contribution in [-0.2, 0) is 4.79 Å². The van der Waals surface area contributed by atoms with Crippen molar-refractivity contribution < 1.29 is 19.4 Å². The summed E-state index contributed by atoms with van der Waals surface area (Å²) in [5.41, 5.74) is 0.977. The van der Waals surface area contributed by atoms with Crippen molar-refractivity contribution in [3.63, 3.8) is 0 Å². The molecule has 0 aliphatic carbocycles. The first-order chi connectivity index (χ1) is 12.4. The molecule has 2 rings (SSSR count). The van der Waals surface area contributed by atoms with Gasteiger partial charge in [0, 0.05) is 11.6 Å². The average Bonchev–Trinajstić information content (AvgIpc) is 2.61. The van der Waals surface area contributed by atoms with Gasteiger partial charge in [-0.15, -0.1) is 0 Å². The van der Waals surface area contributed by atoms with Crippen molar-refractivity contribution in [1.29, 1.82) is 0 Å². The van der Waals surface area contributed by atoms with Crippen molar-refractivity contribution in [3.05, 3.63) is 58.1 Å². The molecule has 0 heterocycles. The molecule has 0 aliphatic heterocycles. The van der Waals surface area contributed by atoms with Crippen LogP contribution in [-0.4, -0.2) is 36.4 Å². The topological polar surface area (TPSA) is 67.8 Å². The van der Waals surface area contributed by atoms with Gasteiger partial charge in [0.2, 0.25) is 0 Å². The number of carbonyl (C=O) groups excluding carboxylic acids is 1. The lowest BCUT2D eigenvalue weighted by Crippen LogP contribution is -2.41. The number of benzene rings is 2. The van der Waals surface area contributed by atoms with Crippen molar-refractivity contribution in [2.45, 2.75) is 26.1 Å². The van der Waals surface area contributed by atoms with E-state index in [2.05, 4.69) is 5.32 Å². The lowest BCUT2D eigenvalue weighted by Gasteiger charge is -2.18. The normalized spacial score (nSPS) is 13.0. The predicted octanol–water partition coefficient (Wildman–Crippen LogP) is 3.63. The van der Waals surface area contributed by atoms with Gasteiger partial charge in [0.15, 0.2) is 6.10 Å². The molecule has 0 aliphatic rings. The van der Waals surface area contributed by atoms with Crippen LogP contribution in [0.15, 0.2) is 42.5 Å². The van der Waals surface area contributed by atoms with Crippen LogP contribution < -0.4 is 14.8 Å². The highest BCUT2D eigenvalue weighted by molar-refractivity contribution is 6.35. The highest BCUT2D eigenvalue weighted by Crippen LogP contribution is 2.28. The Kier molecular flexibility index (Phi) is 7.57. The minimum Gasteiger partial charge on any atom is -0.491 e.